The Labute approximate surface area is 190 Å². The molecule has 0 saturated carbocycles. The molecular weight excluding hydrogens is 426 g/mol. The third-order valence-corrected chi connectivity index (χ3v) is 5.83. The zero-order valence-electron chi connectivity index (χ0n) is 17.6. The Morgan fingerprint density at radius 1 is 1.09 bits per heavy atom. The van der Waals surface area contributed by atoms with Crippen molar-refractivity contribution in [2.24, 2.45) is 0 Å². The quantitative estimate of drug-likeness (QED) is 0.478. The van der Waals surface area contributed by atoms with E-state index in [0.29, 0.717) is 21.7 Å². The summed E-state index contributed by atoms with van der Waals surface area (Å²) in [5, 5.41) is 4.40. The average Bonchev–Trinajstić information content (AvgIpc) is 2.80. The minimum atomic E-state index is -0.241. The van der Waals surface area contributed by atoms with Crippen molar-refractivity contribution < 1.29 is 4.74 Å². The van der Waals surface area contributed by atoms with Gasteiger partial charge in [-0.25, -0.2) is 9.97 Å². The molecule has 0 atom stereocenters. The third-order valence-electron chi connectivity index (χ3n) is 5.60. The number of halogens is 1. The van der Waals surface area contributed by atoms with E-state index < -0.39 is 0 Å². The molecule has 3 heterocycles. The van der Waals surface area contributed by atoms with Gasteiger partial charge in [-0.1, -0.05) is 17.7 Å². The Balaban J connectivity index is 1.54. The highest BCUT2D eigenvalue weighted by Gasteiger charge is 2.15. The second-order valence-electron chi connectivity index (χ2n) is 7.71. The van der Waals surface area contributed by atoms with Crippen LogP contribution in [0.3, 0.4) is 0 Å². The lowest BCUT2D eigenvalue weighted by molar-refractivity contribution is 0.122. The van der Waals surface area contributed by atoms with Crippen LogP contribution in [0.15, 0.2) is 59.7 Å². The summed E-state index contributed by atoms with van der Waals surface area (Å²) in [6, 6.07) is 15.6. The molecule has 1 aliphatic heterocycles. The molecule has 1 fully saturated rings. The summed E-state index contributed by atoms with van der Waals surface area (Å²) in [6.45, 7) is 5.21. The van der Waals surface area contributed by atoms with Gasteiger partial charge < -0.3 is 19.9 Å². The maximum absolute atomic E-state index is 12.6. The number of aromatic amines is 1. The van der Waals surface area contributed by atoms with E-state index in [1.54, 1.807) is 0 Å². The number of hydrogen-bond donors (Lipinski definition) is 2. The van der Waals surface area contributed by atoms with E-state index in [2.05, 4.69) is 32.3 Å². The molecule has 0 bridgehead atoms. The number of benzene rings is 2. The standard InChI is InChI=1S/C24H22ClN5O2/c1-15-12-16(25)2-7-19(15)20-13-21-22(24(31)27-14-26-21)23(29-20)28-17-3-5-18(6-4-17)30-8-10-32-11-9-30/h2-7,12-14H,8-11H2,1H3,(H,28,29)(H,26,27,31). The molecule has 1 aliphatic rings. The van der Waals surface area contributed by atoms with Crippen LogP contribution in [0.4, 0.5) is 17.2 Å². The van der Waals surface area contributed by atoms with Gasteiger partial charge in [-0.05, 0) is 55.0 Å². The van der Waals surface area contributed by atoms with Crippen LogP contribution in [0, 0.1) is 6.92 Å². The molecule has 7 nitrogen and oxygen atoms in total. The number of rotatable bonds is 4. The van der Waals surface area contributed by atoms with E-state index in [1.165, 1.54) is 6.33 Å². The Morgan fingerprint density at radius 2 is 1.88 bits per heavy atom. The number of aromatic nitrogens is 3. The molecule has 2 aromatic heterocycles. The minimum Gasteiger partial charge on any atom is -0.378 e. The van der Waals surface area contributed by atoms with Gasteiger partial charge in [-0.15, -0.1) is 0 Å². The lowest BCUT2D eigenvalue weighted by Crippen LogP contribution is -2.36. The van der Waals surface area contributed by atoms with Crippen molar-refractivity contribution in [3.63, 3.8) is 0 Å². The molecule has 5 rings (SSSR count). The smallest absolute Gasteiger partial charge is 0.262 e. The van der Waals surface area contributed by atoms with Crippen LogP contribution in [0.1, 0.15) is 5.56 Å². The SMILES string of the molecule is Cc1cc(Cl)ccc1-c1cc2nc[nH]c(=O)c2c(Nc2ccc(N3CCOCC3)cc2)n1. The van der Waals surface area contributed by atoms with Gasteiger partial charge in [-0.2, -0.15) is 0 Å². The Bertz CT molecular complexity index is 1330. The highest BCUT2D eigenvalue weighted by atomic mass is 35.5. The second-order valence-corrected chi connectivity index (χ2v) is 8.15. The van der Waals surface area contributed by atoms with Crippen LogP contribution in [0.25, 0.3) is 22.2 Å². The van der Waals surface area contributed by atoms with E-state index in [0.717, 1.165) is 54.5 Å². The summed E-state index contributed by atoms with van der Waals surface area (Å²) in [7, 11) is 0. The third kappa shape index (κ3) is 4.04. The summed E-state index contributed by atoms with van der Waals surface area (Å²) in [5.74, 6) is 0.459. The molecule has 0 spiro atoms. The van der Waals surface area contributed by atoms with Crippen molar-refractivity contribution in [1.29, 1.82) is 0 Å². The highest BCUT2D eigenvalue weighted by molar-refractivity contribution is 6.30. The molecule has 4 aromatic rings. The second kappa shape index (κ2) is 8.61. The summed E-state index contributed by atoms with van der Waals surface area (Å²) in [4.78, 5) is 26.7. The number of ether oxygens (including phenoxy) is 1. The van der Waals surface area contributed by atoms with Crippen LogP contribution < -0.4 is 15.8 Å². The molecule has 1 saturated heterocycles. The summed E-state index contributed by atoms with van der Waals surface area (Å²) in [6.07, 6.45) is 1.41. The minimum absolute atomic E-state index is 0.241. The molecule has 2 aromatic carbocycles. The maximum atomic E-state index is 12.6. The van der Waals surface area contributed by atoms with Crippen LogP contribution in [0.5, 0.6) is 0 Å². The average molecular weight is 448 g/mol. The largest absolute Gasteiger partial charge is 0.378 e. The normalized spacial score (nSPS) is 14.0. The zero-order chi connectivity index (χ0) is 22.1. The molecular formula is C24H22ClN5O2. The van der Waals surface area contributed by atoms with Gasteiger partial charge in [0.2, 0.25) is 0 Å². The summed E-state index contributed by atoms with van der Waals surface area (Å²) >= 11 is 6.13. The molecule has 0 unspecified atom stereocenters. The van der Waals surface area contributed by atoms with Gasteiger partial charge in [0.1, 0.15) is 11.2 Å². The van der Waals surface area contributed by atoms with E-state index in [9.17, 15) is 4.79 Å². The Morgan fingerprint density at radius 3 is 2.62 bits per heavy atom. The fourth-order valence-electron chi connectivity index (χ4n) is 3.95. The molecule has 8 heteroatoms. The number of hydrogen-bond acceptors (Lipinski definition) is 6. The first-order chi connectivity index (χ1) is 15.6. The van der Waals surface area contributed by atoms with Crippen molar-refractivity contribution in [1.82, 2.24) is 15.0 Å². The fraction of sp³-hybridized carbons (Fsp3) is 0.208. The van der Waals surface area contributed by atoms with E-state index >= 15 is 0 Å². The summed E-state index contributed by atoms with van der Waals surface area (Å²) < 4.78 is 5.43. The van der Waals surface area contributed by atoms with Gasteiger partial charge in [0.05, 0.1) is 30.8 Å². The molecule has 162 valence electrons. The molecule has 0 radical (unpaired) electrons. The first-order valence-corrected chi connectivity index (χ1v) is 10.8. The number of anilines is 3. The Kier molecular flexibility index (Phi) is 5.51. The number of morpholine rings is 1. The number of fused-ring (bicyclic) bond motifs is 1. The molecule has 2 N–H and O–H groups in total. The van der Waals surface area contributed by atoms with Gasteiger partial charge in [-0.3, -0.25) is 4.79 Å². The van der Waals surface area contributed by atoms with Crippen LogP contribution >= 0.6 is 11.6 Å². The molecule has 32 heavy (non-hydrogen) atoms. The van der Waals surface area contributed by atoms with E-state index in [4.69, 9.17) is 21.3 Å². The number of aryl methyl sites for hydroxylation is 1. The Hall–Kier alpha value is -3.42. The van der Waals surface area contributed by atoms with Gasteiger partial charge in [0.15, 0.2) is 0 Å². The monoisotopic (exact) mass is 447 g/mol. The lowest BCUT2D eigenvalue weighted by atomic mass is 10.0. The predicted octanol–water partition coefficient (Wildman–Crippen LogP) is 4.53. The first-order valence-electron chi connectivity index (χ1n) is 10.4. The highest BCUT2D eigenvalue weighted by Crippen LogP contribution is 2.30. The van der Waals surface area contributed by atoms with Crippen LogP contribution in [-0.4, -0.2) is 41.3 Å². The van der Waals surface area contributed by atoms with Crippen molar-refractivity contribution in [3.05, 3.63) is 75.8 Å². The van der Waals surface area contributed by atoms with Gasteiger partial charge in [0.25, 0.3) is 5.56 Å². The lowest BCUT2D eigenvalue weighted by Gasteiger charge is -2.28. The topological polar surface area (TPSA) is 83.1 Å². The van der Waals surface area contributed by atoms with Crippen molar-refractivity contribution >= 4 is 39.7 Å². The number of nitrogens with one attached hydrogen (secondary N) is 2. The van der Waals surface area contributed by atoms with E-state index in [-0.39, 0.29) is 5.56 Å². The number of nitrogens with zero attached hydrogens (tertiary/aromatic N) is 3. The van der Waals surface area contributed by atoms with Crippen molar-refractivity contribution in [3.8, 4) is 11.3 Å². The predicted molar refractivity (Wildman–Crippen MR) is 128 cm³/mol. The molecule has 0 amide bonds. The number of pyridine rings is 1. The van der Waals surface area contributed by atoms with Crippen molar-refractivity contribution in [2.75, 3.05) is 36.5 Å². The maximum Gasteiger partial charge on any atom is 0.262 e. The van der Waals surface area contributed by atoms with Crippen LogP contribution in [0.2, 0.25) is 5.02 Å². The van der Waals surface area contributed by atoms with Gasteiger partial charge in [0, 0.05) is 35.1 Å². The first kappa shape index (κ1) is 20.5. The molecule has 0 aliphatic carbocycles. The number of H-pyrrole nitrogens is 1. The van der Waals surface area contributed by atoms with Crippen LogP contribution in [-0.2, 0) is 4.74 Å². The van der Waals surface area contributed by atoms with Crippen molar-refractivity contribution in [2.45, 2.75) is 6.92 Å². The van der Waals surface area contributed by atoms with Gasteiger partial charge >= 0.3 is 0 Å². The zero-order valence-corrected chi connectivity index (χ0v) is 18.3. The fourth-order valence-corrected chi connectivity index (χ4v) is 4.17. The van der Waals surface area contributed by atoms with E-state index in [1.807, 2.05) is 43.3 Å². The summed E-state index contributed by atoms with van der Waals surface area (Å²) in [5.41, 5.74) is 4.96.